The second-order valence-corrected chi connectivity index (χ2v) is 10.1. The van der Waals surface area contributed by atoms with Gasteiger partial charge in [0.05, 0.1) is 10.6 Å². The second kappa shape index (κ2) is 9.06. The Labute approximate surface area is 186 Å². The van der Waals surface area contributed by atoms with Crippen LogP contribution in [0.15, 0.2) is 76.3 Å². The molecule has 2 heterocycles. The number of aromatic nitrogens is 1. The van der Waals surface area contributed by atoms with Gasteiger partial charge in [-0.2, -0.15) is 0 Å². The lowest BCUT2D eigenvalue weighted by Crippen LogP contribution is -2.23. The molecule has 6 nitrogen and oxygen atoms in total. The van der Waals surface area contributed by atoms with E-state index in [4.69, 9.17) is 0 Å². The largest absolute Gasteiger partial charge is 0.298 e. The first kappa shape index (κ1) is 21.3. The van der Waals surface area contributed by atoms with Crippen molar-refractivity contribution in [2.24, 2.45) is 0 Å². The highest BCUT2D eigenvalue weighted by molar-refractivity contribution is 7.89. The predicted octanol–water partition coefficient (Wildman–Crippen LogP) is 4.74. The van der Waals surface area contributed by atoms with Crippen LogP contribution < -0.4 is 10.0 Å². The van der Waals surface area contributed by atoms with Gasteiger partial charge >= 0.3 is 0 Å². The van der Waals surface area contributed by atoms with Crippen molar-refractivity contribution in [2.75, 3.05) is 5.32 Å². The zero-order valence-electron chi connectivity index (χ0n) is 15.9. The van der Waals surface area contributed by atoms with Gasteiger partial charge in [0.1, 0.15) is 5.82 Å². The first-order chi connectivity index (χ1) is 14.9. The molecule has 0 saturated heterocycles. The Hall–Kier alpha value is -2.92. The molecule has 0 atom stereocenters. The number of carbonyl (C=O) groups excluding carboxylic acids is 1. The van der Waals surface area contributed by atoms with Crippen LogP contribution in [0.3, 0.4) is 0 Å². The van der Waals surface area contributed by atoms with Gasteiger partial charge in [-0.25, -0.2) is 22.5 Å². The topological polar surface area (TPSA) is 88.2 Å². The molecule has 0 unspecified atom stereocenters. The summed E-state index contributed by atoms with van der Waals surface area (Å²) < 4.78 is 41.6. The number of rotatable bonds is 7. The van der Waals surface area contributed by atoms with E-state index in [-0.39, 0.29) is 22.1 Å². The fourth-order valence-corrected chi connectivity index (χ4v) is 5.25. The average Bonchev–Trinajstić information content (AvgIpc) is 3.45. The summed E-state index contributed by atoms with van der Waals surface area (Å²) in [5.74, 6) is -0.914. The van der Waals surface area contributed by atoms with E-state index < -0.39 is 21.7 Å². The van der Waals surface area contributed by atoms with Crippen molar-refractivity contribution < 1.29 is 17.6 Å². The van der Waals surface area contributed by atoms with Gasteiger partial charge < -0.3 is 0 Å². The number of carbonyl (C=O) groups is 1. The molecule has 1 amide bonds. The highest BCUT2D eigenvalue weighted by atomic mass is 32.2. The number of sulfonamides is 1. The standard InChI is InChI=1S/C21H16FN3O3S3/c22-18-9-2-1-8-17(18)19-13-30-21(24-19)25-20(26)14-5-3-7-16(11-14)31(27,28)23-12-15-6-4-10-29-15/h1-11,13,23H,12H2,(H,24,25,26). The van der Waals surface area contributed by atoms with E-state index in [1.54, 1.807) is 23.6 Å². The van der Waals surface area contributed by atoms with Gasteiger partial charge in [0, 0.05) is 27.9 Å². The van der Waals surface area contributed by atoms with Crippen LogP contribution in [-0.4, -0.2) is 19.3 Å². The smallest absolute Gasteiger partial charge is 0.257 e. The van der Waals surface area contributed by atoms with Crippen molar-refractivity contribution in [1.29, 1.82) is 0 Å². The number of nitrogens with zero attached hydrogens (tertiary/aromatic N) is 1. The molecular formula is C21H16FN3O3S3. The third kappa shape index (κ3) is 5.05. The minimum atomic E-state index is -3.78. The lowest BCUT2D eigenvalue weighted by molar-refractivity contribution is 0.102. The molecule has 10 heteroatoms. The van der Waals surface area contributed by atoms with Crippen LogP contribution in [0.1, 0.15) is 15.2 Å². The van der Waals surface area contributed by atoms with Gasteiger partial charge in [-0.3, -0.25) is 10.1 Å². The Balaban J connectivity index is 1.48. The van der Waals surface area contributed by atoms with Gasteiger partial charge in [0.2, 0.25) is 10.0 Å². The Morgan fingerprint density at radius 1 is 1.03 bits per heavy atom. The van der Waals surface area contributed by atoms with Crippen LogP contribution in [0, 0.1) is 5.82 Å². The molecule has 0 saturated carbocycles. The quantitative estimate of drug-likeness (QED) is 0.406. The first-order valence-corrected chi connectivity index (χ1v) is 12.3. The lowest BCUT2D eigenvalue weighted by Gasteiger charge is -2.08. The van der Waals surface area contributed by atoms with E-state index in [0.29, 0.717) is 11.3 Å². The van der Waals surface area contributed by atoms with Gasteiger partial charge in [0.25, 0.3) is 5.91 Å². The molecule has 4 rings (SSSR count). The van der Waals surface area contributed by atoms with Gasteiger partial charge in [0.15, 0.2) is 5.13 Å². The molecule has 0 aliphatic rings. The summed E-state index contributed by atoms with van der Waals surface area (Å²) in [4.78, 5) is 17.7. The lowest BCUT2D eigenvalue weighted by atomic mass is 10.2. The van der Waals surface area contributed by atoms with E-state index in [9.17, 15) is 17.6 Å². The van der Waals surface area contributed by atoms with E-state index in [1.165, 1.54) is 41.7 Å². The molecule has 0 radical (unpaired) electrons. The summed E-state index contributed by atoms with van der Waals surface area (Å²) in [5.41, 5.74) is 0.915. The van der Waals surface area contributed by atoms with Crippen molar-refractivity contribution in [1.82, 2.24) is 9.71 Å². The van der Waals surface area contributed by atoms with Crippen molar-refractivity contribution in [2.45, 2.75) is 11.4 Å². The normalized spacial score (nSPS) is 11.4. The molecule has 0 aliphatic heterocycles. The van der Waals surface area contributed by atoms with Crippen molar-refractivity contribution >= 4 is 43.7 Å². The zero-order chi connectivity index (χ0) is 21.8. The molecule has 0 spiro atoms. The minimum Gasteiger partial charge on any atom is -0.298 e. The molecule has 0 fully saturated rings. The van der Waals surface area contributed by atoms with E-state index >= 15 is 0 Å². The third-order valence-electron chi connectivity index (χ3n) is 4.30. The SMILES string of the molecule is O=C(Nc1nc(-c2ccccc2F)cs1)c1cccc(S(=O)(=O)NCc2cccs2)c1. The number of hydrogen-bond donors (Lipinski definition) is 2. The molecule has 2 aromatic carbocycles. The maximum absolute atomic E-state index is 13.9. The predicted molar refractivity (Wildman–Crippen MR) is 120 cm³/mol. The van der Waals surface area contributed by atoms with E-state index in [2.05, 4.69) is 15.0 Å². The number of hydrogen-bond acceptors (Lipinski definition) is 6. The number of thiophene rings is 1. The van der Waals surface area contributed by atoms with Crippen LogP contribution in [0.25, 0.3) is 11.3 Å². The maximum Gasteiger partial charge on any atom is 0.257 e. The number of benzene rings is 2. The van der Waals surface area contributed by atoms with Crippen LogP contribution in [-0.2, 0) is 16.6 Å². The van der Waals surface area contributed by atoms with Crippen LogP contribution >= 0.6 is 22.7 Å². The number of halogens is 1. The maximum atomic E-state index is 13.9. The first-order valence-electron chi connectivity index (χ1n) is 9.06. The molecule has 0 aliphatic carbocycles. The van der Waals surface area contributed by atoms with Crippen molar-refractivity contribution in [3.63, 3.8) is 0 Å². The Bertz CT molecular complexity index is 1320. The van der Waals surface area contributed by atoms with Crippen molar-refractivity contribution in [3.8, 4) is 11.3 Å². The van der Waals surface area contributed by atoms with Crippen LogP contribution in [0.5, 0.6) is 0 Å². The highest BCUT2D eigenvalue weighted by Gasteiger charge is 2.17. The number of anilines is 1. The average molecular weight is 474 g/mol. The van der Waals surface area contributed by atoms with Gasteiger partial charge in [-0.15, -0.1) is 22.7 Å². The number of nitrogens with one attached hydrogen (secondary N) is 2. The van der Waals surface area contributed by atoms with Gasteiger partial charge in [-0.05, 0) is 41.8 Å². The molecule has 2 N–H and O–H groups in total. The fourth-order valence-electron chi connectivity index (χ4n) is 2.76. The van der Waals surface area contributed by atoms with Gasteiger partial charge in [-0.1, -0.05) is 24.3 Å². The zero-order valence-corrected chi connectivity index (χ0v) is 18.4. The second-order valence-electron chi connectivity index (χ2n) is 6.40. The molecule has 158 valence electrons. The number of thiazole rings is 1. The minimum absolute atomic E-state index is 0.0112. The molecular weight excluding hydrogens is 457 g/mol. The molecule has 31 heavy (non-hydrogen) atoms. The molecule has 4 aromatic rings. The summed E-state index contributed by atoms with van der Waals surface area (Å²) in [6, 6.07) is 15.7. The summed E-state index contributed by atoms with van der Waals surface area (Å²) in [6.07, 6.45) is 0. The summed E-state index contributed by atoms with van der Waals surface area (Å²) >= 11 is 2.60. The molecule has 2 aromatic heterocycles. The number of amides is 1. The van der Waals surface area contributed by atoms with Crippen LogP contribution in [0.4, 0.5) is 9.52 Å². The Morgan fingerprint density at radius 2 is 1.87 bits per heavy atom. The monoisotopic (exact) mass is 473 g/mol. The van der Waals surface area contributed by atoms with Crippen LogP contribution in [0.2, 0.25) is 0 Å². The Morgan fingerprint density at radius 3 is 2.65 bits per heavy atom. The van der Waals surface area contributed by atoms with E-state index in [0.717, 1.165) is 16.2 Å². The van der Waals surface area contributed by atoms with Crippen molar-refractivity contribution in [3.05, 3.63) is 87.7 Å². The summed E-state index contributed by atoms with van der Waals surface area (Å²) in [6.45, 7) is 0.175. The third-order valence-corrected chi connectivity index (χ3v) is 7.33. The van der Waals surface area contributed by atoms with E-state index in [1.807, 2.05) is 17.5 Å². The summed E-state index contributed by atoms with van der Waals surface area (Å²) in [5, 5.41) is 6.43. The summed E-state index contributed by atoms with van der Waals surface area (Å²) in [7, 11) is -3.78. The molecule has 0 bridgehead atoms. The highest BCUT2D eigenvalue weighted by Crippen LogP contribution is 2.27. The Kier molecular flexibility index (Phi) is 6.23. The fraction of sp³-hybridized carbons (Fsp3) is 0.0476.